The van der Waals surface area contributed by atoms with E-state index < -0.39 is 18.0 Å². The second-order valence-corrected chi connectivity index (χ2v) is 8.15. The van der Waals surface area contributed by atoms with E-state index in [2.05, 4.69) is 16.0 Å². The van der Waals surface area contributed by atoms with Crippen LogP contribution < -0.4 is 16.0 Å². The van der Waals surface area contributed by atoms with Gasteiger partial charge in [-0.2, -0.15) is 0 Å². The molecule has 172 valence electrons. The molecular formula is C24H26N4O5. The maximum absolute atomic E-state index is 12.9. The summed E-state index contributed by atoms with van der Waals surface area (Å²) in [5.41, 5.74) is 4.58. The minimum atomic E-state index is -0.658. The largest absolute Gasteiger partial charge is 0.444 e. The van der Waals surface area contributed by atoms with Crippen molar-refractivity contribution in [1.82, 2.24) is 10.2 Å². The van der Waals surface area contributed by atoms with Crippen molar-refractivity contribution < 1.29 is 23.9 Å². The summed E-state index contributed by atoms with van der Waals surface area (Å²) in [5.74, 6) is -1.02. The molecule has 2 heterocycles. The quantitative estimate of drug-likeness (QED) is 0.583. The molecule has 4 rings (SSSR count). The minimum absolute atomic E-state index is 0.00324. The highest BCUT2D eigenvalue weighted by atomic mass is 16.5. The zero-order valence-corrected chi connectivity index (χ0v) is 18.6. The fourth-order valence-corrected chi connectivity index (χ4v) is 4.08. The lowest BCUT2D eigenvalue weighted by Crippen LogP contribution is -2.52. The third-order valence-corrected chi connectivity index (χ3v) is 5.81. The van der Waals surface area contributed by atoms with Crippen LogP contribution in [0.5, 0.6) is 0 Å². The van der Waals surface area contributed by atoms with Gasteiger partial charge in [-0.05, 0) is 55.2 Å². The molecule has 1 saturated heterocycles. The summed E-state index contributed by atoms with van der Waals surface area (Å²) < 4.78 is 5.33. The lowest BCUT2D eigenvalue weighted by atomic mass is 10.0. The zero-order chi connectivity index (χ0) is 23.5. The highest BCUT2D eigenvalue weighted by molar-refractivity contribution is 6.05. The van der Waals surface area contributed by atoms with Gasteiger partial charge in [0.2, 0.25) is 11.8 Å². The number of ether oxygens (including phenoxy) is 1. The molecule has 0 bridgehead atoms. The maximum Gasteiger partial charge on any atom is 0.411 e. The lowest BCUT2D eigenvalue weighted by molar-refractivity contribution is -0.136. The van der Waals surface area contributed by atoms with Gasteiger partial charge >= 0.3 is 6.09 Å². The second kappa shape index (κ2) is 9.32. The Labute approximate surface area is 191 Å². The number of nitrogens with one attached hydrogen (secondary N) is 3. The molecular weight excluding hydrogens is 424 g/mol. The van der Waals surface area contributed by atoms with Gasteiger partial charge in [-0.25, -0.2) is 4.79 Å². The van der Waals surface area contributed by atoms with Crippen LogP contribution in [0.25, 0.3) is 0 Å². The highest BCUT2D eigenvalue weighted by Crippen LogP contribution is 2.28. The van der Waals surface area contributed by atoms with Crippen LogP contribution in [0.4, 0.5) is 16.2 Å². The molecule has 2 aromatic carbocycles. The number of carbonyl (C=O) groups is 4. The first-order valence-electron chi connectivity index (χ1n) is 10.9. The SMILES string of the molecule is CCNc1cc(NC(=O)OCc2ccc3c(c2)C(=O)N(C2CCC(=O)NC2=O)C3)ccc1C. The topological polar surface area (TPSA) is 117 Å². The number of piperidine rings is 1. The van der Waals surface area contributed by atoms with Crippen molar-refractivity contribution in [2.24, 2.45) is 0 Å². The fourth-order valence-electron chi connectivity index (χ4n) is 4.08. The van der Waals surface area contributed by atoms with Crippen LogP contribution in [-0.2, 0) is 27.5 Å². The number of hydrogen-bond donors (Lipinski definition) is 3. The number of amides is 4. The van der Waals surface area contributed by atoms with Gasteiger partial charge < -0.3 is 15.0 Å². The molecule has 1 atom stereocenters. The third kappa shape index (κ3) is 4.82. The lowest BCUT2D eigenvalue weighted by Gasteiger charge is -2.29. The summed E-state index contributed by atoms with van der Waals surface area (Å²) in [5, 5.41) is 8.24. The van der Waals surface area contributed by atoms with Crippen molar-refractivity contribution in [3.05, 3.63) is 58.7 Å². The smallest absolute Gasteiger partial charge is 0.411 e. The molecule has 0 aliphatic carbocycles. The Morgan fingerprint density at radius 2 is 2.00 bits per heavy atom. The third-order valence-electron chi connectivity index (χ3n) is 5.81. The standard InChI is InChI=1S/C24H26N4O5/c1-3-25-19-11-17(7-4-14(19)2)26-24(32)33-13-15-5-6-16-12-28(23(31)18(16)10-15)20-8-9-21(29)27-22(20)30/h4-7,10-11,20,25H,3,8-9,12-13H2,1-2H3,(H,26,32)(H,27,29,30). The molecule has 33 heavy (non-hydrogen) atoms. The van der Waals surface area contributed by atoms with Crippen LogP contribution in [0.1, 0.15) is 46.8 Å². The Hall–Kier alpha value is -3.88. The van der Waals surface area contributed by atoms with Crippen molar-refractivity contribution in [1.29, 1.82) is 0 Å². The van der Waals surface area contributed by atoms with Crippen LogP contribution in [0, 0.1) is 6.92 Å². The molecule has 2 aliphatic heterocycles. The monoisotopic (exact) mass is 450 g/mol. The molecule has 0 saturated carbocycles. The number of rotatable bonds is 6. The molecule has 0 spiro atoms. The van der Waals surface area contributed by atoms with Gasteiger partial charge in [-0.3, -0.25) is 25.0 Å². The van der Waals surface area contributed by atoms with Crippen LogP contribution in [0.2, 0.25) is 0 Å². The Morgan fingerprint density at radius 1 is 1.18 bits per heavy atom. The predicted octanol–water partition coefficient (Wildman–Crippen LogP) is 2.94. The number of imide groups is 1. The summed E-state index contributed by atoms with van der Waals surface area (Å²) in [4.78, 5) is 50.2. The molecule has 9 nitrogen and oxygen atoms in total. The average Bonchev–Trinajstić information content (AvgIpc) is 3.10. The van der Waals surface area contributed by atoms with Crippen LogP contribution >= 0.6 is 0 Å². The van der Waals surface area contributed by atoms with Crippen molar-refractivity contribution >= 4 is 35.2 Å². The number of aryl methyl sites for hydroxylation is 1. The van der Waals surface area contributed by atoms with Gasteiger partial charge in [0, 0.05) is 36.4 Å². The van der Waals surface area contributed by atoms with E-state index in [0.29, 0.717) is 29.8 Å². The number of fused-ring (bicyclic) bond motifs is 1. The molecule has 0 aromatic heterocycles. The van der Waals surface area contributed by atoms with E-state index in [1.165, 1.54) is 4.90 Å². The van der Waals surface area contributed by atoms with Gasteiger partial charge in [0.15, 0.2) is 0 Å². The number of anilines is 2. The maximum atomic E-state index is 12.9. The molecule has 1 fully saturated rings. The summed E-state index contributed by atoms with van der Waals surface area (Å²) in [6, 6.07) is 10.2. The molecule has 3 N–H and O–H groups in total. The molecule has 4 amide bonds. The highest BCUT2D eigenvalue weighted by Gasteiger charge is 2.39. The van der Waals surface area contributed by atoms with Crippen LogP contribution in [-0.4, -0.2) is 41.3 Å². The van der Waals surface area contributed by atoms with E-state index in [0.717, 1.165) is 23.4 Å². The minimum Gasteiger partial charge on any atom is -0.444 e. The Kier molecular flexibility index (Phi) is 6.30. The average molecular weight is 450 g/mol. The Bertz CT molecular complexity index is 1130. The number of carbonyl (C=O) groups excluding carboxylic acids is 4. The van der Waals surface area contributed by atoms with E-state index >= 15 is 0 Å². The van der Waals surface area contributed by atoms with Gasteiger partial charge in [0.1, 0.15) is 12.6 Å². The number of nitrogens with zero attached hydrogens (tertiary/aromatic N) is 1. The summed E-state index contributed by atoms with van der Waals surface area (Å²) in [6.07, 6.45) is -0.0742. The van der Waals surface area contributed by atoms with Gasteiger partial charge in [-0.1, -0.05) is 18.2 Å². The van der Waals surface area contributed by atoms with E-state index in [1.807, 2.05) is 26.0 Å². The zero-order valence-electron chi connectivity index (χ0n) is 18.6. The summed E-state index contributed by atoms with van der Waals surface area (Å²) >= 11 is 0. The fraction of sp³-hybridized carbons (Fsp3) is 0.333. The summed E-state index contributed by atoms with van der Waals surface area (Å²) in [7, 11) is 0. The number of hydrogen-bond acceptors (Lipinski definition) is 6. The van der Waals surface area contributed by atoms with Crippen LogP contribution in [0.15, 0.2) is 36.4 Å². The second-order valence-electron chi connectivity index (χ2n) is 8.15. The van der Waals surface area contributed by atoms with Crippen molar-refractivity contribution in [2.75, 3.05) is 17.2 Å². The van der Waals surface area contributed by atoms with Crippen molar-refractivity contribution in [3.8, 4) is 0 Å². The summed E-state index contributed by atoms with van der Waals surface area (Å²) in [6.45, 7) is 5.06. The predicted molar refractivity (Wildman–Crippen MR) is 122 cm³/mol. The molecule has 9 heteroatoms. The van der Waals surface area contributed by atoms with Crippen LogP contribution in [0.3, 0.4) is 0 Å². The molecule has 2 aliphatic rings. The normalized spacial score (nSPS) is 17.5. The van der Waals surface area contributed by atoms with Gasteiger partial charge in [0.05, 0.1) is 0 Å². The first kappa shape index (κ1) is 22.3. The van der Waals surface area contributed by atoms with E-state index in [-0.39, 0.29) is 24.8 Å². The van der Waals surface area contributed by atoms with E-state index in [4.69, 9.17) is 4.74 Å². The first-order chi connectivity index (χ1) is 15.9. The first-order valence-corrected chi connectivity index (χ1v) is 10.9. The van der Waals surface area contributed by atoms with E-state index in [1.54, 1.807) is 24.3 Å². The molecule has 1 unspecified atom stereocenters. The Balaban J connectivity index is 1.37. The van der Waals surface area contributed by atoms with Crippen molar-refractivity contribution in [3.63, 3.8) is 0 Å². The van der Waals surface area contributed by atoms with Gasteiger partial charge in [0.25, 0.3) is 5.91 Å². The molecule has 2 aromatic rings. The van der Waals surface area contributed by atoms with Gasteiger partial charge in [-0.15, -0.1) is 0 Å². The number of benzene rings is 2. The molecule has 0 radical (unpaired) electrons. The van der Waals surface area contributed by atoms with Crippen molar-refractivity contribution in [2.45, 2.75) is 45.9 Å². The van der Waals surface area contributed by atoms with E-state index in [9.17, 15) is 19.2 Å². The Morgan fingerprint density at radius 3 is 2.76 bits per heavy atom.